The third-order valence-electron chi connectivity index (χ3n) is 4.59. The van der Waals surface area contributed by atoms with Crippen molar-refractivity contribution in [1.29, 1.82) is 0 Å². The Balaban J connectivity index is 1.98. The molecule has 1 aromatic rings. The van der Waals surface area contributed by atoms with E-state index >= 15 is 0 Å². The predicted molar refractivity (Wildman–Crippen MR) is 91.7 cm³/mol. The summed E-state index contributed by atoms with van der Waals surface area (Å²) in [5.41, 5.74) is 4.33. The van der Waals surface area contributed by atoms with Gasteiger partial charge < -0.3 is 0 Å². The van der Waals surface area contributed by atoms with Crippen LogP contribution >= 0.6 is 35.8 Å². The van der Waals surface area contributed by atoms with Crippen LogP contribution in [0.5, 0.6) is 0 Å². The second-order valence-corrected chi connectivity index (χ2v) is 8.18. The van der Waals surface area contributed by atoms with E-state index < -0.39 is 0 Å². The Labute approximate surface area is 135 Å². The van der Waals surface area contributed by atoms with E-state index in [9.17, 15) is 0 Å². The standard InChI is InChI=1S/C16H19ClNS2/c1-11(12-7-9-13(17)10-8-12)18(2)15-6-4-3-5-14(15)16(19)20-18/h7-11H,3-6H2,1-2H3/q+1/t11-,18+/m1/s1. The van der Waals surface area contributed by atoms with Crippen LogP contribution in [0.25, 0.3) is 0 Å². The highest BCUT2D eigenvalue weighted by Crippen LogP contribution is 2.52. The van der Waals surface area contributed by atoms with Crippen LogP contribution in [0.4, 0.5) is 0 Å². The monoisotopic (exact) mass is 324 g/mol. The van der Waals surface area contributed by atoms with Crippen molar-refractivity contribution in [2.75, 3.05) is 7.05 Å². The minimum atomic E-state index is 0.390. The molecule has 0 saturated heterocycles. The van der Waals surface area contributed by atoms with Crippen molar-refractivity contribution >= 4 is 40.0 Å². The molecule has 20 heavy (non-hydrogen) atoms. The van der Waals surface area contributed by atoms with Gasteiger partial charge in [-0.3, -0.25) is 0 Å². The van der Waals surface area contributed by atoms with Crippen LogP contribution in [0.15, 0.2) is 35.5 Å². The number of quaternary nitrogens is 1. The van der Waals surface area contributed by atoms with Crippen LogP contribution in [0, 0.1) is 0 Å². The molecule has 1 aliphatic heterocycles. The summed E-state index contributed by atoms with van der Waals surface area (Å²) < 4.78 is 2.00. The molecule has 0 amide bonds. The van der Waals surface area contributed by atoms with Crippen molar-refractivity contribution in [3.8, 4) is 0 Å². The summed E-state index contributed by atoms with van der Waals surface area (Å²) in [5, 5.41) is 0.797. The summed E-state index contributed by atoms with van der Waals surface area (Å²) in [4.78, 5) is 0. The Hall–Kier alpha value is -0.350. The highest BCUT2D eigenvalue weighted by Gasteiger charge is 2.47. The zero-order chi connectivity index (χ0) is 14.3. The van der Waals surface area contributed by atoms with Crippen LogP contribution in [0.2, 0.25) is 5.02 Å². The molecule has 0 saturated carbocycles. The lowest BCUT2D eigenvalue weighted by atomic mass is 9.95. The number of rotatable bonds is 2. The van der Waals surface area contributed by atoms with Gasteiger partial charge in [-0.2, -0.15) is 0 Å². The van der Waals surface area contributed by atoms with Gasteiger partial charge >= 0.3 is 0 Å². The molecule has 1 aromatic carbocycles. The average Bonchev–Trinajstić information content (AvgIpc) is 2.72. The zero-order valence-corrected chi connectivity index (χ0v) is 14.2. The average molecular weight is 325 g/mol. The lowest BCUT2D eigenvalue weighted by Crippen LogP contribution is -2.36. The highest BCUT2D eigenvalue weighted by atomic mass is 35.5. The largest absolute Gasteiger partial charge is 0.224 e. The summed E-state index contributed by atoms with van der Waals surface area (Å²) in [6.45, 7) is 2.30. The van der Waals surface area contributed by atoms with Crippen molar-refractivity contribution in [1.82, 2.24) is 0 Å². The normalized spacial score (nSPS) is 27.6. The molecule has 0 N–H and O–H groups in total. The molecule has 0 spiro atoms. The molecule has 2 atom stereocenters. The molecule has 0 unspecified atom stereocenters. The van der Waals surface area contributed by atoms with Gasteiger partial charge in [0, 0.05) is 22.6 Å². The van der Waals surface area contributed by atoms with Crippen LogP contribution in [-0.2, 0) is 0 Å². The Bertz CT molecular complexity index is 579. The first-order valence-electron chi connectivity index (χ1n) is 7.10. The molecule has 1 aliphatic carbocycles. The number of hydrogen-bond acceptors (Lipinski definition) is 2. The Morgan fingerprint density at radius 1 is 1.20 bits per heavy atom. The predicted octanol–water partition coefficient (Wildman–Crippen LogP) is 5.66. The van der Waals surface area contributed by atoms with E-state index in [2.05, 4.69) is 26.1 Å². The molecule has 0 bridgehead atoms. The lowest BCUT2D eigenvalue weighted by molar-refractivity contribution is -0.765. The maximum Gasteiger partial charge on any atom is 0.138 e. The fourth-order valence-electron chi connectivity index (χ4n) is 3.22. The molecule has 4 heteroatoms. The van der Waals surface area contributed by atoms with Gasteiger partial charge in [0.25, 0.3) is 0 Å². The minimum Gasteiger partial charge on any atom is -0.224 e. The van der Waals surface area contributed by atoms with Gasteiger partial charge in [0.2, 0.25) is 0 Å². The molecule has 0 aromatic heterocycles. The third kappa shape index (κ3) is 2.35. The molecule has 0 fully saturated rings. The molecule has 1 heterocycles. The Morgan fingerprint density at radius 2 is 1.85 bits per heavy atom. The van der Waals surface area contributed by atoms with E-state index in [1.807, 2.05) is 24.1 Å². The summed E-state index contributed by atoms with van der Waals surface area (Å²) in [6, 6.07) is 8.63. The lowest BCUT2D eigenvalue weighted by Gasteiger charge is -2.36. The maximum absolute atomic E-state index is 6.00. The quantitative estimate of drug-likeness (QED) is 0.391. The number of nitrogens with zero attached hydrogens (tertiary/aromatic N) is 1. The van der Waals surface area contributed by atoms with Crippen molar-refractivity contribution in [3.05, 3.63) is 46.1 Å². The number of allylic oxidation sites excluding steroid dienone is 1. The van der Waals surface area contributed by atoms with Gasteiger partial charge in [-0.05, 0) is 38.3 Å². The number of thiocarbonyl (C=S) groups is 1. The first kappa shape index (κ1) is 14.6. The van der Waals surface area contributed by atoms with Crippen LogP contribution < -0.4 is 0 Å². The first-order chi connectivity index (χ1) is 9.52. The fourth-order valence-corrected chi connectivity index (χ4v) is 5.30. The second-order valence-electron chi connectivity index (χ2n) is 5.73. The molecule has 3 rings (SSSR count). The Kier molecular flexibility index (Phi) is 3.97. The summed E-state index contributed by atoms with van der Waals surface area (Å²) in [6.07, 6.45) is 4.94. The number of hydrogen-bond donors (Lipinski definition) is 0. The van der Waals surface area contributed by atoms with Crippen molar-refractivity contribution in [3.63, 3.8) is 0 Å². The first-order valence-corrected chi connectivity index (χ1v) is 8.66. The SMILES string of the molecule is C[C@H](c1ccc(Cl)cc1)[N@+]1(C)SC(=S)C2=C1CCCC2. The van der Waals surface area contributed by atoms with E-state index in [-0.39, 0.29) is 0 Å². The second kappa shape index (κ2) is 5.45. The van der Waals surface area contributed by atoms with E-state index in [4.69, 9.17) is 23.8 Å². The Morgan fingerprint density at radius 3 is 2.55 bits per heavy atom. The number of halogens is 1. The van der Waals surface area contributed by atoms with Gasteiger partial charge in [0.15, 0.2) is 0 Å². The topological polar surface area (TPSA) is 0 Å². The summed E-state index contributed by atoms with van der Waals surface area (Å²) in [7, 11) is 2.31. The van der Waals surface area contributed by atoms with Crippen LogP contribution in [-0.4, -0.2) is 15.1 Å². The molecular weight excluding hydrogens is 306 g/mol. The van der Waals surface area contributed by atoms with Crippen molar-refractivity contribution in [2.45, 2.75) is 38.6 Å². The van der Waals surface area contributed by atoms with Gasteiger partial charge in [-0.1, -0.05) is 36.0 Å². The van der Waals surface area contributed by atoms with E-state index in [1.54, 1.807) is 5.70 Å². The van der Waals surface area contributed by atoms with Crippen molar-refractivity contribution in [2.24, 2.45) is 0 Å². The number of benzene rings is 1. The van der Waals surface area contributed by atoms with Gasteiger partial charge in [-0.25, -0.2) is 3.89 Å². The summed E-state index contributed by atoms with van der Waals surface area (Å²) in [5.74, 6) is 0. The van der Waals surface area contributed by atoms with Gasteiger partial charge in [0.05, 0.1) is 7.05 Å². The molecule has 106 valence electrons. The van der Waals surface area contributed by atoms with E-state index in [0.717, 1.165) is 13.1 Å². The van der Waals surface area contributed by atoms with Gasteiger partial charge in [-0.15, -0.1) is 0 Å². The zero-order valence-electron chi connectivity index (χ0n) is 11.9. The van der Waals surface area contributed by atoms with Crippen LogP contribution in [0.1, 0.15) is 44.2 Å². The van der Waals surface area contributed by atoms with Gasteiger partial charge in [0.1, 0.15) is 27.9 Å². The van der Waals surface area contributed by atoms with Crippen molar-refractivity contribution < 1.29 is 3.89 Å². The maximum atomic E-state index is 6.00. The highest BCUT2D eigenvalue weighted by molar-refractivity contribution is 8.20. The van der Waals surface area contributed by atoms with Crippen LogP contribution in [0.3, 0.4) is 0 Å². The van der Waals surface area contributed by atoms with E-state index in [0.29, 0.717) is 6.04 Å². The molecule has 1 nitrogen and oxygen atoms in total. The molecular formula is C16H19ClNS2+. The minimum absolute atomic E-state index is 0.390. The summed E-state index contributed by atoms with van der Waals surface area (Å²) >= 11 is 13.5. The van der Waals surface area contributed by atoms with E-state index in [1.165, 1.54) is 36.8 Å². The smallest absolute Gasteiger partial charge is 0.138 e. The molecule has 2 aliphatic rings. The fraction of sp³-hybridized carbons (Fsp3) is 0.438. The molecule has 0 radical (unpaired) electrons. The third-order valence-corrected chi connectivity index (χ3v) is 6.64.